The van der Waals surface area contributed by atoms with Crippen molar-refractivity contribution >= 4 is 20.2 Å². The van der Waals surface area contributed by atoms with Crippen molar-refractivity contribution in [3.8, 4) is 0 Å². The molecule has 0 aromatic heterocycles. The third-order valence-corrected chi connectivity index (χ3v) is 3.92. The van der Waals surface area contributed by atoms with Crippen LogP contribution < -0.4 is 0 Å². The summed E-state index contributed by atoms with van der Waals surface area (Å²) in [5.74, 6) is -1.72. The van der Waals surface area contributed by atoms with E-state index in [4.69, 9.17) is 0 Å². The molecule has 0 rings (SSSR count). The largest absolute Gasteiger partial charge is 0.303 e. The van der Waals surface area contributed by atoms with Crippen LogP contribution in [0.1, 0.15) is 0 Å². The van der Waals surface area contributed by atoms with E-state index in [2.05, 4.69) is 0 Å². The summed E-state index contributed by atoms with van der Waals surface area (Å²) in [6.45, 7) is 0. The Labute approximate surface area is 71.4 Å². The number of hydrogen-bond donors (Lipinski definition) is 0. The van der Waals surface area contributed by atoms with Crippen molar-refractivity contribution in [2.24, 2.45) is 0 Å². The van der Waals surface area contributed by atoms with E-state index < -0.39 is 31.8 Å². The molecule has 0 atom stereocenters. The molecular formula is C4H10FNO4S2. The van der Waals surface area contributed by atoms with Gasteiger partial charge in [0.05, 0.1) is 11.5 Å². The molecule has 0 fully saturated rings. The van der Waals surface area contributed by atoms with E-state index in [1.165, 1.54) is 14.1 Å². The molecule has 0 bridgehead atoms. The van der Waals surface area contributed by atoms with Crippen LogP contribution in [0.15, 0.2) is 0 Å². The predicted molar refractivity (Wildman–Crippen MR) is 42.4 cm³/mol. The molecule has 0 amide bonds. The lowest BCUT2D eigenvalue weighted by Crippen LogP contribution is -2.27. The smallest absolute Gasteiger partial charge is 0.212 e. The van der Waals surface area contributed by atoms with Gasteiger partial charge in [0.2, 0.25) is 10.0 Å². The van der Waals surface area contributed by atoms with Crippen LogP contribution in [-0.4, -0.2) is 46.7 Å². The normalized spacial score (nSPS) is 13.7. The minimum absolute atomic E-state index is 0.723. The molecule has 12 heavy (non-hydrogen) atoms. The van der Waals surface area contributed by atoms with E-state index in [1.54, 1.807) is 0 Å². The van der Waals surface area contributed by atoms with Crippen molar-refractivity contribution in [3.63, 3.8) is 0 Å². The highest BCUT2D eigenvalue weighted by molar-refractivity contribution is 7.91. The Morgan fingerprint density at radius 1 is 1.08 bits per heavy atom. The second-order valence-electron chi connectivity index (χ2n) is 2.34. The number of hydrogen-bond acceptors (Lipinski definition) is 4. The van der Waals surface area contributed by atoms with Crippen molar-refractivity contribution in [3.05, 3.63) is 0 Å². The molecule has 0 saturated carbocycles. The maximum atomic E-state index is 11.9. The zero-order valence-corrected chi connectivity index (χ0v) is 8.32. The molecule has 74 valence electrons. The minimum atomic E-state index is -4.70. The van der Waals surface area contributed by atoms with Crippen LogP contribution >= 0.6 is 0 Å². The third-order valence-electron chi connectivity index (χ3n) is 1.14. The molecule has 0 aliphatic carbocycles. The third kappa shape index (κ3) is 4.62. The van der Waals surface area contributed by atoms with E-state index >= 15 is 0 Å². The summed E-state index contributed by atoms with van der Waals surface area (Å²) in [6.07, 6.45) is 0. The van der Waals surface area contributed by atoms with Gasteiger partial charge in [-0.15, -0.1) is 3.89 Å². The summed E-state index contributed by atoms with van der Waals surface area (Å²) in [4.78, 5) is 0. The predicted octanol–water partition coefficient (Wildman–Crippen LogP) is -0.823. The highest BCUT2D eigenvalue weighted by atomic mass is 32.3. The molecule has 0 saturated heterocycles. The SMILES string of the molecule is CN(C)S(=O)(=O)CCS(=O)(=O)F. The minimum Gasteiger partial charge on any atom is -0.212 e. The van der Waals surface area contributed by atoms with Crippen LogP contribution in [0.2, 0.25) is 0 Å². The van der Waals surface area contributed by atoms with E-state index in [1.807, 2.05) is 0 Å². The Balaban J connectivity index is 4.32. The monoisotopic (exact) mass is 219 g/mol. The Morgan fingerprint density at radius 2 is 1.50 bits per heavy atom. The zero-order valence-electron chi connectivity index (χ0n) is 6.69. The first-order valence-corrected chi connectivity index (χ1v) is 6.14. The van der Waals surface area contributed by atoms with Gasteiger partial charge >= 0.3 is 10.2 Å². The molecule has 0 spiro atoms. The highest BCUT2D eigenvalue weighted by Gasteiger charge is 2.18. The first-order valence-electron chi connectivity index (χ1n) is 2.98. The van der Waals surface area contributed by atoms with Gasteiger partial charge < -0.3 is 0 Å². The molecule has 0 radical (unpaired) electrons. The summed E-state index contributed by atoms with van der Waals surface area (Å²) in [5, 5.41) is 0. The number of rotatable bonds is 4. The average Bonchev–Trinajstić information content (AvgIpc) is 1.82. The number of halogens is 1. The van der Waals surface area contributed by atoms with Gasteiger partial charge in [-0.05, 0) is 0 Å². The maximum Gasteiger partial charge on any atom is 0.303 e. The van der Waals surface area contributed by atoms with Crippen molar-refractivity contribution < 1.29 is 20.7 Å². The Morgan fingerprint density at radius 3 is 1.75 bits per heavy atom. The second-order valence-corrected chi connectivity index (χ2v) is 6.13. The van der Waals surface area contributed by atoms with E-state index in [0.717, 1.165) is 4.31 Å². The number of nitrogens with zero attached hydrogens (tertiary/aromatic N) is 1. The average molecular weight is 219 g/mol. The van der Waals surface area contributed by atoms with Crippen LogP contribution in [0, 0.1) is 0 Å². The highest BCUT2D eigenvalue weighted by Crippen LogP contribution is 1.98. The van der Waals surface area contributed by atoms with Gasteiger partial charge in [-0.3, -0.25) is 0 Å². The Hall–Kier alpha value is -0.210. The Kier molecular flexibility index (Phi) is 3.60. The molecule has 0 heterocycles. The summed E-state index contributed by atoms with van der Waals surface area (Å²) < 4.78 is 54.4. The second kappa shape index (κ2) is 3.67. The fourth-order valence-corrected chi connectivity index (χ4v) is 2.39. The van der Waals surface area contributed by atoms with Crippen molar-refractivity contribution in [1.82, 2.24) is 4.31 Å². The van der Waals surface area contributed by atoms with Crippen molar-refractivity contribution in [2.75, 3.05) is 25.6 Å². The molecule has 0 aromatic carbocycles. The van der Waals surface area contributed by atoms with Gasteiger partial charge in [-0.1, -0.05) is 0 Å². The lowest BCUT2D eigenvalue weighted by atomic mass is 11.0. The molecule has 5 nitrogen and oxygen atoms in total. The lowest BCUT2D eigenvalue weighted by molar-refractivity contribution is 0.518. The molecule has 0 aliphatic heterocycles. The van der Waals surface area contributed by atoms with Gasteiger partial charge in [-0.25, -0.2) is 12.7 Å². The molecule has 0 unspecified atom stereocenters. The van der Waals surface area contributed by atoms with Gasteiger partial charge in [0.1, 0.15) is 0 Å². The van der Waals surface area contributed by atoms with Gasteiger partial charge in [0.25, 0.3) is 0 Å². The summed E-state index contributed by atoms with van der Waals surface area (Å²) in [7, 11) is -5.81. The van der Waals surface area contributed by atoms with Gasteiger partial charge in [0, 0.05) is 14.1 Å². The van der Waals surface area contributed by atoms with Crippen molar-refractivity contribution in [2.45, 2.75) is 0 Å². The topological polar surface area (TPSA) is 71.5 Å². The maximum absolute atomic E-state index is 11.9. The van der Waals surface area contributed by atoms with E-state index in [9.17, 15) is 20.7 Å². The van der Waals surface area contributed by atoms with Gasteiger partial charge in [-0.2, -0.15) is 8.42 Å². The van der Waals surface area contributed by atoms with Gasteiger partial charge in [0.15, 0.2) is 0 Å². The quantitative estimate of drug-likeness (QED) is 0.579. The van der Waals surface area contributed by atoms with E-state index in [0.29, 0.717) is 0 Å². The summed E-state index contributed by atoms with van der Waals surface area (Å²) in [5.41, 5.74) is 0. The van der Waals surface area contributed by atoms with Crippen LogP contribution in [-0.2, 0) is 20.2 Å². The Bertz CT molecular complexity index is 330. The van der Waals surface area contributed by atoms with Crippen LogP contribution in [0.25, 0.3) is 0 Å². The fraction of sp³-hybridized carbons (Fsp3) is 1.00. The van der Waals surface area contributed by atoms with Crippen molar-refractivity contribution in [1.29, 1.82) is 0 Å². The molecule has 8 heteroatoms. The summed E-state index contributed by atoms with van der Waals surface area (Å²) in [6, 6.07) is 0. The lowest BCUT2D eigenvalue weighted by Gasteiger charge is -2.08. The van der Waals surface area contributed by atoms with Crippen LogP contribution in [0.3, 0.4) is 0 Å². The van der Waals surface area contributed by atoms with Crippen LogP contribution in [0.5, 0.6) is 0 Å². The molecule has 0 aromatic rings. The standard InChI is InChI=1S/C4H10FNO4S2/c1-6(2)12(9,10)4-3-11(5,7)8/h3-4H2,1-2H3. The number of sulfonamides is 1. The zero-order chi connectivity index (χ0) is 9.99. The first-order chi connectivity index (χ1) is 5.15. The van der Waals surface area contributed by atoms with E-state index in [-0.39, 0.29) is 0 Å². The molecule has 0 aliphatic rings. The summed E-state index contributed by atoms with van der Waals surface area (Å²) >= 11 is 0. The fourth-order valence-electron chi connectivity index (χ4n) is 0.387. The van der Waals surface area contributed by atoms with Crippen LogP contribution in [0.4, 0.5) is 3.89 Å². The first kappa shape index (κ1) is 11.8. The molecular weight excluding hydrogens is 209 g/mol. The molecule has 0 N–H and O–H groups in total.